The summed E-state index contributed by atoms with van der Waals surface area (Å²) >= 11 is 0. The summed E-state index contributed by atoms with van der Waals surface area (Å²) in [5.41, 5.74) is 16.3. The number of aryl methyl sites for hydroxylation is 1. The van der Waals surface area contributed by atoms with Gasteiger partial charge in [0.05, 0.1) is 42.2 Å². The number of carbonyl (C=O) groups excluding carboxylic acids is 1. The van der Waals surface area contributed by atoms with Crippen LogP contribution in [0.15, 0.2) is 18.3 Å². The lowest BCUT2D eigenvalue weighted by Gasteiger charge is -2.21. The highest BCUT2D eigenvalue weighted by atomic mass is 16.5. The molecule has 0 fully saturated rings. The van der Waals surface area contributed by atoms with Crippen LogP contribution in [0.5, 0.6) is 0 Å². The molecule has 1 aliphatic heterocycles. The molecule has 30 heavy (non-hydrogen) atoms. The van der Waals surface area contributed by atoms with E-state index in [1.54, 1.807) is 24.6 Å². The molecule has 11 nitrogen and oxygen atoms in total. The number of hydrazine groups is 1. The van der Waals surface area contributed by atoms with Crippen molar-refractivity contribution in [3.8, 4) is 0 Å². The Morgan fingerprint density at radius 1 is 1.30 bits per heavy atom. The molecule has 3 aromatic rings. The number of rotatable bonds is 1. The van der Waals surface area contributed by atoms with E-state index in [0.717, 1.165) is 5.56 Å². The Hall–Kier alpha value is -3.57. The van der Waals surface area contributed by atoms with Gasteiger partial charge in [0, 0.05) is 13.1 Å². The summed E-state index contributed by atoms with van der Waals surface area (Å²) in [7, 11) is 1.71. The Morgan fingerprint density at radius 3 is 2.80 bits per heavy atom. The predicted octanol–water partition coefficient (Wildman–Crippen LogP) is 0.904. The second-order valence-corrected chi connectivity index (χ2v) is 7.45. The van der Waals surface area contributed by atoms with Gasteiger partial charge < -0.3 is 31.8 Å². The summed E-state index contributed by atoms with van der Waals surface area (Å²) in [6, 6.07) is 3.52. The number of fused-ring (bicyclic) bond motifs is 3. The van der Waals surface area contributed by atoms with Gasteiger partial charge in [-0.1, -0.05) is 0 Å². The molecule has 8 N–H and O–H groups in total. The van der Waals surface area contributed by atoms with E-state index >= 15 is 0 Å². The topological polar surface area (TPSA) is 162 Å². The third kappa shape index (κ3) is 3.44. The lowest BCUT2D eigenvalue weighted by atomic mass is 10.1. The monoisotopic (exact) mass is 411 g/mol. The minimum atomic E-state index is -0.269. The van der Waals surface area contributed by atoms with Crippen LogP contribution in [0.1, 0.15) is 28.7 Å². The highest BCUT2D eigenvalue weighted by Crippen LogP contribution is 2.33. The minimum absolute atomic E-state index is 0.191. The number of hydrogen-bond donors (Lipinski definition) is 5. The van der Waals surface area contributed by atoms with Crippen molar-refractivity contribution in [1.82, 2.24) is 19.7 Å². The van der Waals surface area contributed by atoms with Gasteiger partial charge in [0.2, 0.25) is 0 Å². The maximum atomic E-state index is 12.9. The lowest BCUT2D eigenvalue weighted by molar-refractivity contribution is 0.0815. The zero-order valence-electron chi connectivity index (χ0n) is 17.1. The number of hydrogen-bond acceptors (Lipinski definition) is 9. The molecule has 4 rings (SSSR count). The molecule has 0 radical (unpaired) electrons. The van der Waals surface area contributed by atoms with Crippen LogP contribution < -0.4 is 33.0 Å². The molecule has 158 valence electrons. The number of aromatic nitrogens is 3. The number of ether oxygens (including phenoxy) is 1. The van der Waals surface area contributed by atoms with Gasteiger partial charge in [-0.3, -0.25) is 9.20 Å². The lowest BCUT2D eigenvalue weighted by Crippen LogP contribution is -2.36. The first-order valence-electron chi connectivity index (χ1n) is 9.46. The molecule has 0 spiro atoms. The molecular weight excluding hydrogens is 386 g/mol. The summed E-state index contributed by atoms with van der Waals surface area (Å²) < 4.78 is 7.44. The van der Waals surface area contributed by atoms with Crippen LogP contribution in [0.2, 0.25) is 0 Å². The molecule has 11 heteroatoms. The number of amides is 1. The van der Waals surface area contributed by atoms with Crippen LogP contribution >= 0.6 is 0 Å². The fourth-order valence-corrected chi connectivity index (χ4v) is 3.52. The standard InChI is InChI=1S/C19H25N9O2/c1-9-7-30-8-11-4-12(15(20)13(5-11)27(3)22)25-14-6-28-16(19(29)23-9)10(2)24-18(28)17(21)26-14/h4-6,9,25H,7-8,20,22H2,1-3H3,(H2,21,26)(H,23,29). The van der Waals surface area contributed by atoms with Gasteiger partial charge in [-0.2, -0.15) is 0 Å². The molecule has 2 aromatic heterocycles. The highest BCUT2D eigenvalue weighted by Gasteiger charge is 2.22. The smallest absolute Gasteiger partial charge is 0.270 e. The number of imidazole rings is 1. The van der Waals surface area contributed by atoms with Crippen LogP contribution in [0.4, 0.5) is 28.7 Å². The quantitative estimate of drug-likeness (QED) is 0.222. The van der Waals surface area contributed by atoms with Gasteiger partial charge >= 0.3 is 0 Å². The van der Waals surface area contributed by atoms with Crippen molar-refractivity contribution in [3.05, 3.63) is 35.3 Å². The van der Waals surface area contributed by atoms with Crippen molar-refractivity contribution in [2.45, 2.75) is 26.5 Å². The van der Waals surface area contributed by atoms with Crippen molar-refractivity contribution in [3.63, 3.8) is 0 Å². The second-order valence-electron chi connectivity index (χ2n) is 7.45. The molecule has 4 bridgehead atoms. The Bertz CT molecular complexity index is 1140. The number of nitrogens with zero attached hydrogens (tertiary/aromatic N) is 4. The molecule has 0 saturated carbocycles. The van der Waals surface area contributed by atoms with E-state index in [2.05, 4.69) is 20.6 Å². The zero-order chi connectivity index (χ0) is 21.6. The van der Waals surface area contributed by atoms with Crippen LogP contribution in [0.3, 0.4) is 0 Å². The Labute approximate surface area is 173 Å². The summed E-state index contributed by atoms with van der Waals surface area (Å²) in [6.45, 7) is 4.28. The molecule has 0 saturated heterocycles. The van der Waals surface area contributed by atoms with Gasteiger partial charge in [0.25, 0.3) is 5.91 Å². The van der Waals surface area contributed by atoms with Crippen LogP contribution in [0.25, 0.3) is 5.65 Å². The van der Waals surface area contributed by atoms with E-state index < -0.39 is 0 Å². The van der Waals surface area contributed by atoms with E-state index in [1.165, 1.54) is 5.01 Å². The number of nitrogen functional groups attached to an aromatic ring is 2. The predicted molar refractivity (Wildman–Crippen MR) is 115 cm³/mol. The van der Waals surface area contributed by atoms with Crippen molar-refractivity contribution >= 4 is 40.3 Å². The van der Waals surface area contributed by atoms with E-state index in [1.807, 2.05) is 19.1 Å². The van der Waals surface area contributed by atoms with E-state index in [-0.39, 0.29) is 17.8 Å². The second kappa shape index (κ2) is 7.35. The Kier molecular flexibility index (Phi) is 4.84. The third-order valence-electron chi connectivity index (χ3n) is 4.90. The van der Waals surface area contributed by atoms with Gasteiger partial charge in [0.1, 0.15) is 11.5 Å². The Balaban J connectivity index is 1.92. The molecule has 1 aromatic carbocycles. The van der Waals surface area contributed by atoms with E-state index in [4.69, 9.17) is 22.0 Å². The molecular formula is C19H25N9O2. The first kappa shape index (κ1) is 19.7. The van der Waals surface area contributed by atoms with Crippen molar-refractivity contribution in [2.75, 3.05) is 35.4 Å². The average molecular weight is 411 g/mol. The normalized spacial score (nSPS) is 16.8. The van der Waals surface area contributed by atoms with Crippen LogP contribution in [-0.4, -0.2) is 40.0 Å². The molecule has 1 aliphatic rings. The molecule has 1 atom stereocenters. The SMILES string of the molecule is Cc1nc2c(N)nc3cn2c1C(=O)NC(C)COCc1cc(c(N)c(N(C)N)c1)N3. The summed E-state index contributed by atoms with van der Waals surface area (Å²) in [5.74, 6) is 6.29. The first-order valence-corrected chi connectivity index (χ1v) is 9.46. The fraction of sp³-hybridized carbons (Fsp3) is 0.316. The average Bonchev–Trinajstić information content (AvgIpc) is 2.99. The van der Waals surface area contributed by atoms with E-state index in [0.29, 0.717) is 53.1 Å². The van der Waals surface area contributed by atoms with E-state index in [9.17, 15) is 4.79 Å². The third-order valence-corrected chi connectivity index (χ3v) is 4.90. The first-order chi connectivity index (χ1) is 14.2. The van der Waals surface area contributed by atoms with Crippen LogP contribution in [-0.2, 0) is 11.3 Å². The molecule has 1 amide bonds. The largest absolute Gasteiger partial charge is 0.395 e. The Morgan fingerprint density at radius 2 is 2.07 bits per heavy atom. The number of anilines is 5. The maximum absolute atomic E-state index is 12.9. The summed E-state index contributed by atoms with van der Waals surface area (Å²) in [6.07, 6.45) is 1.67. The van der Waals surface area contributed by atoms with Gasteiger partial charge in [-0.25, -0.2) is 15.8 Å². The molecule has 1 unspecified atom stereocenters. The van der Waals surface area contributed by atoms with Gasteiger partial charge in [-0.15, -0.1) is 0 Å². The highest BCUT2D eigenvalue weighted by molar-refractivity contribution is 5.95. The van der Waals surface area contributed by atoms with Crippen molar-refractivity contribution < 1.29 is 9.53 Å². The number of benzene rings is 1. The molecule has 3 heterocycles. The molecule has 0 aliphatic carbocycles. The van der Waals surface area contributed by atoms with Gasteiger partial charge in [0.15, 0.2) is 11.5 Å². The zero-order valence-corrected chi connectivity index (χ0v) is 17.1. The number of nitrogens with one attached hydrogen (secondary N) is 2. The number of carbonyl (C=O) groups is 1. The number of nitrogens with two attached hydrogens (primary N) is 3. The van der Waals surface area contributed by atoms with Crippen LogP contribution in [0, 0.1) is 6.92 Å². The van der Waals surface area contributed by atoms with Gasteiger partial charge in [-0.05, 0) is 31.5 Å². The fourth-order valence-electron chi connectivity index (χ4n) is 3.52. The summed E-state index contributed by atoms with van der Waals surface area (Å²) in [4.78, 5) is 21.7. The maximum Gasteiger partial charge on any atom is 0.270 e. The minimum Gasteiger partial charge on any atom is -0.395 e. The summed E-state index contributed by atoms with van der Waals surface area (Å²) in [5, 5.41) is 7.57. The van der Waals surface area contributed by atoms with Crippen molar-refractivity contribution in [1.29, 1.82) is 0 Å². The van der Waals surface area contributed by atoms with Crippen molar-refractivity contribution in [2.24, 2.45) is 5.84 Å².